The van der Waals surface area contributed by atoms with Gasteiger partial charge in [-0.3, -0.25) is 4.99 Å². The van der Waals surface area contributed by atoms with Crippen molar-refractivity contribution in [3.63, 3.8) is 0 Å². The first-order valence-corrected chi connectivity index (χ1v) is 10.3. The predicted octanol–water partition coefficient (Wildman–Crippen LogP) is 2.55. The number of thiazole rings is 1. The zero-order valence-corrected chi connectivity index (χ0v) is 17.2. The summed E-state index contributed by atoms with van der Waals surface area (Å²) in [5.74, 6) is 1.46. The molecule has 0 spiro atoms. The number of hydrogen-bond donors (Lipinski definition) is 3. The maximum absolute atomic E-state index is 10.1. The number of aromatic nitrogens is 1. The van der Waals surface area contributed by atoms with Crippen LogP contribution in [0.3, 0.4) is 0 Å². The van der Waals surface area contributed by atoms with E-state index in [-0.39, 0.29) is 13.2 Å². The number of benzene rings is 1. The van der Waals surface area contributed by atoms with Crippen LogP contribution in [0.1, 0.15) is 29.3 Å². The van der Waals surface area contributed by atoms with Gasteiger partial charge in [0.25, 0.3) is 0 Å². The van der Waals surface area contributed by atoms with Crippen LogP contribution >= 0.6 is 11.3 Å². The van der Waals surface area contributed by atoms with Crippen LogP contribution in [0.5, 0.6) is 5.75 Å². The number of nitrogens with zero attached hydrogens (tertiary/aromatic N) is 2. The molecule has 1 aromatic carbocycles. The van der Waals surface area contributed by atoms with E-state index in [9.17, 15) is 5.11 Å². The molecule has 0 fully saturated rings. The van der Waals surface area contributed by atoms with Gasteiger partial charge in [0.05, 0.1) is 11.6 Å². The van der Waals surface area contributed by atoms with Crippen molar-refractivity contribution in [3.8, 4) is 5.75 Å². The van der Waals surface area contributed by atoms with E-state index >= 15 is 0 Å². The highest BCUT2D eigenvalue weighted by Crippen LogP contribution is 2.13. The highest BCUT2D eigenvalue weighted by molar-refractivity contribution is 7.11. The van der Waals surface area contributed by atoms with E-state index in [4.69, 9.17) is 4.74 Å². The number of aryl methyl sites for hydroxylation is 2. The van der Waals surface area contributed by atoms with E-state index < -0.39 is 6.10 Å². The number of hydrogen-bond acceptors (Lipinski definition) is 5. The Kier molecular flexibility index (Phi) is 9.07. The molecule has 148 valence electrons. The van der Waals surface area contributed by atoms with Gasteiger partial charge in [-0.15, -0.1) is 11.3 Å². The average molecular weight is 391 g/mol. The van der Waals surface area contributed by atoms with Crippen LogP contribution in [-0.2, 0) is 12.8 Å². The summed E-state index contributed by atoms with van der Waals surface area (Å²) in [6.07, 6.45) is 3.17. The average Bonchev–Trinajstić information content (AvgIpc) is 3.12. The molecule has 0 saturated carbocycles. The maximum Gasteiger partial charge on any atom is 0.191 e. The number of aliphatic hydroxyl groups is 1. The number of ether oxygens (including phenoxy) is 1. The van der Waals surface area contributed by atoms with Gasteiger partial charge in [0.2, 0.25) is 0 Å². The van der Waals surface area contributed by atoms with Gasteiger partial charge in [-0.2, -0.15) is 0 Å². The van der Waals surface area contributed by atoms with E-state index in [2.05, 4.69) is 27.5 Å². The van der Waals surface area contributed by atoms with Gasteiger partial charge in [-0.1, -0.05) is 19.1 Å². The lowest BCUT2D eigenvalue weighted by Crippen LogP contribution is -2.39. The van der Waals surface area contributed by atoms with E-state index in [0.29, 0.717) is 5.96 Å². The third-order valence-electron chi connectivity index (χ3n) is 3.82. The van der Waals surface area contributed by atoms with Crippen molar-refractivity contribution in [2.75, 3.05) is 26.2 Å². The van der Waals surface area contributed by atoms with Crippen molar-refractivity contribution in [2.24, 2.45) is 4.99 Å². The highest BCUT2D eigenvalue weighted by atomic mass is 32.1. The molecule has 1 unspecified atom stereocenters. The molecular formula is C20H30N4O2S. The minimum absolute atomic E-state index is 0.214. The van der Waals surface area contributed by atoms with Crippen LogP contribution < -0.4 is 15.4 Å². The fraction of sp³-hybridized carbons (Fsp3) is 0.500. The summed E-state index contributed by atoms with van der Waals surface area (Å²) in [4.78, 5) is 10.2. The van der Waals surface area contributed by atoms with E-state index in [1.54, 1.807) is 11.3 Å². The normalized spacial score (nSPS) is 12.7. The molecule has 0 aliphatic rings. The first-order valence-electron chi connectivity index (χ1n) is 9.44. The summed E-state index contributed by atoms with van der Waals surface area (Å²) in [6.45, 7) is 8.17. The van der Waals surface area contributed by atoms with Gasteiger partial charge >= 0.3 is 0 Å². The maximum atomic E-state index is 10.1. The second kappa shape index (κ2) is 11.6. The van der Waals surface area contributed by atoms with Crippen molar-refractivity contribution in [1.29, 1.82) is 0 Å². The minimum atomic E-state index is -0.660. The Morgan fingerprint density at radius 3 is 2.89 bits per heavy atom. The Morgan fingerprint density at radius 1 is 1.33 bits per heavy atom. The van der Waals surface area contributed by atoms with Gasteiger partial charge in [0.1, 0.15) is 18.5 Å². The van der Waals surface area contributed by atoms with Crippen LogP contribution in [0.25, 0.3) is 0 Å². The number of aliphatic hydroxyl groups excluding tert-OH is 1. The van der Waals surface area contributed by atoms with Crippen molar-refractivity contribution in [1.82, 2.24) is 15.6 Å². The van der Waals surface area contributed by atoms with Gasteiger partial charge in [0, 0.05) is 30.6 Å². The molecule has 6 nitrogen and oxygen atoms in total. The molecule has 0 aliphatic heterocycles. The number of rotatable bonds is 10. The fourth-order valence-corrected chi connectivity index (χ4v) is 3.27. The van der Waals surface area contributed by atoms with Crippen LogP contribution in [0.15, 0.2) is 35.5 Å². The summed E-state index contributed by atoms with van der Waals surface area (Å²) in [5.41, 5.74) is 1.13. The lowest BCUT2D eigenvalue weighted by atomic mass is 10.2. The summed E-state index contributed by atoms with van der Waals surface area (Å²) in [5, 5.41) is 17.7. The largest absolute Gasteiger partial charge is 0.491 e. The van der Waals surface area contributed by atoms with Gasteiger partial charge in [-0.25, -0.2) is 4.98 Å². The summed E-state index contributed by atoms with van der Waals surface area (Å²) < 4.78 is 5.63. The first kappa shape index (κ1) is 21.2. The smallest absolute Gasteiger partial charge is 0.191 e. The quantitative estimate of drug-likeness (QED) is 0.429. The molecular weight excluding hydrogens is 360 g/mol. The third-order valence-corrected chi connectivity index (χ3v) is 5.02. The molecule has 3 N–H and O–H groups in total. The zero-order chi connectivity index (χ0) is 19.5. The lowest BCUT2D eigenvalue weighted by Gasteiger charge is -2.13. The van der Waals surface area contributed by atoms with E-state index in [1.165, 1.54) is 4.88 Å². The lowest BCUT2D eigenvalue weighted by molar-refractivity contribution is 0.114. The molecule has 2 rings (SSSR count). The van der Waals surface area contributed by atoms with Gasteiger partial charge in [-0.05, 0) is 38.0 Å². The number of aliphatic imine (C=N–C) groups is 1. The third kappa shape index (κ3) is 7.97. The summed E-state index contributed by atoms with van der Waals surface area (Å²) >= 11 is 1.75. The number of nitrogens with one attached hydrogen (secondary N) is 2. The van der Waals surface area contributed by atoms with Gasteiger partial charge in [0.15, 0.2) is 5.96 Å². The topological polar surface area (TPSA) is 78.8 Å². The Morgan fingerprint density at radius 2 is 2.19 bits per heavy atom. The molecule has 0 saturated heterocycles. The molecule has 0 aliphatic carbocycles. The number of guanidine groups is 1. The zero-order valence-electron chi connectivity index (χ0n) is 16.4. The van der Waals surface area contributed by atoms with Crippen molar-refractivity contribution >= 4 is 17.3 Å². The SMILES string of the molecule is CCNC(=NCC(O)COc1cccc(C)c1)NCCc1ncc(CC)s1. The van der Waals surface area contributed by atoms with E-state index in [1.807, 2.05) is 44.3 Å². The van der Waals surface area contributed by atoms with Gasteiger partial charge < -0.3 is 20.5 Å². The standard InChI is InChI=1S/C20H30N4O2S/c1-4-18-13-23-19(27-18)9-10-22-20(21-5-2)24-12-16(25)14-26-17-8-6-7-15(3)11-17/h6-8,11,13,16,25H,4-5,9-10,12,14H2,1-3H3,(H2,21,22,24). The molecule has 2 aromatic rings. The Balaban J connectivity index is 1.75. The first-order chi connectivity index (χ1) is 13.1. The molecule has 27 heavy (non-hydrogen) atoms. The fourth-order valence-electron chi connectivity index (χ4n) is 2.40. The van der Waals surface area contributed by atoms with Crippen LogP contribution in [0.2, 0.25) is 0 Å². The molecule has 0 radical (unpaired) electrons. The van der Waals surface area contributed by atoms with Crippen molar-refractivity contribution in [2.45, 2.75) is 39.7 Å². The van der Waals surface area contributed by atoms with E-state index in [0.717, 1.165) is 42.3 Å². The second-order valence-corrected chi connectivity index (χ2v) is 7.45. The Labute approximate surface area is 165 Å². The molecule has 0 bridgehead atoms. The molecule has 1 atom stereocenters. The molecule has 0 amide bonds. The molecule has 1 heterocycles. The van der Waals surface area contributed by atoms with Crippen molar-refractivity contribution in [3.05, 3.63) is 45.9 Å². The predicted molar refractivity (Wildman–Crippen MR) is 112 cm³/mol. The Hall–Kier alpha value is -2.12. The highest BCUT2D eigenvalue weighted by Gasteiger charge is 2.07. The second-order valence-electron chi connectivity index (χ2n) is 6.25. The van der Waals surface area contributed by atoms with Crippen LogP contribution in [-0.4, -0.2) is 48.4 Å². The summed E-state index contributed by atoms with van der Waals surface area (Å²) in [7, 11) is 0. The van der Waals surface area contributed by atoms with Crippen molar-refractivity contribution < 1.29 is 9.84 Å². The summed E-state index contributed by atoms with van der Waals surface area (Å²) in [6, 6.07) is 7.78. The molecule has 7 heteroatoms. The van der Waals surface area contributed by atoms with Crippen LogP contribution in [0.4, 0.5) is 0 Å². The van der Waals surface area contributed by atoms with Crippen LogP contribution in [0, 0.1) is 6.92 Å². The minimum Gasteiger partial charge on any atom is -0.491 e. The molecule has 1 aromatic heterocycles. The Bertz CT molecular complexity index is 718. The monoisotopic (exact) mass is 390 g/mol.